The lowest BCUT2D eigenvalue weighted by atomic mass is 10.2. The van der Waals surface area contributed by atoms with Crippen molar-refractivity contribution >= 4 is 11.9 Å². The van der Waals surface area contributed by atoms with Crippen molar-refractivity contribution in [1.82, 2.24) is 9.88 Å². The summed E-state index contributed by atoms with van der Waals surface area (Å²) in [6.45, 7) is 0.492. The maximum Gasteiger partial charge on any atom is 0.303 e. The average Bonchev–Trinajstić information content (AvgIpc) is 3.01. The number of aromatic nitrogens is 1. The maximum atomic E-state index is 11.9. The molecule has 5 heteroatoms. The fourth-order valence-electron chi connectivity index (χ4n) is 2.00. The molecule has 0 spiro atoms. The summed E-state index contributed by atoms with van der Waals surface area (Å²) in [6.07, 6.45) is 5.26. The van der Waals surface area contributed by atoms with E-state index >= 15 is 0 Å². The van der Waals surface area contributed by atoms with Gasteiger partial charge in [-0.15, -0.1) is 0 Å². The lowest BCUT2D eigenvalue weighted by Gasteiger charge is -2.06. The number of aliphatic carboxylic acids is 1. The van der Waals surface area contributed by atoms with E-state index in [0.717, 1.165) is 5.69 Å². The van der Waals surface area contributed by atoms with Crippen LogP contribution in [0.2, 0.25) is 0 Å². The summed E-state index contributed by atoms with van der Waals surface area (Å²) in [4.78, 5) is 22.3. The number of hydrogen-bond donors (Lipinski definition) is 2. The van der Waals surface area contributed by atoms with E-state index in [0.29, 0.717) is 24.9 Å². The molecule has 1 aromatic carbocycles. The van der Waals surface area contributed by atoms with E-state index in [2.05, 4.69) is 5.32 Å². The zero-order chi connectivity index (χ0) is 15.1. The molecule has 110 valence electrons. The van der Waals surface area contributed by atoms with Crippen LogP contribution in [0, 0.1) is 0 Å². The Bertz CT molecular complexity index is 588. The maximum absolute atomic E-state index is 11.9. The summed E-state index contributed by atoms with van der Waals surface area (Å²) >= 11 is 0. The second-order valence-electron chi connectivity index (χ2n) is 4.74. The average molecular weight is 286 g/mol. The van der Waals surface area contributed by atoms with Crippen LogP contribution in [0.5, 0.6) is 0 Å². The minimum absolute atomic E-state index is 0.135. The molecule has 2 N–H and O–H groups in total. The first-order valence-electron chi connectivity index (χ1n) is 6.90. The predicted molar refractivity (Wildman–Crippen MR) is 79.6 cm³/mol. The Morgan fingerprint density at radius 3 is 2.33 bits per heavy atom. The largest absolute Gasteiger partial charge is 0.481 e. The van der Waals surface area contributed by atoms with Gasteiger partial charge in [0.1, 0.15) is 0 Å². The molecular weight excluding hydrogens is 268 g/mol. The monoisotopic (exact) mass is 286 g/mol. The van der Waals surface area contributed by atoms with E-state index in [1.807, 2.05) is 41.2 Å². The first-order chi connectivity index (χ1) is 10.2. The summed E-state index contributed by atoms with van der Waals surface area (Å²) in [7, 11) is 0. The molecule has 0 aliphatic heterocycles. The number of unbranched alkanes of at least 4 members (excludes halogenated alkanes) is 1. The fraction of sp³-hybridized carbons (Fsp3) is 0.250. The van der Waals surface area contributed by atoms with Crippen molar-refractivity contribution in [2.45, 2.75) is 19.3 Å². The first kappa shape index (κ1) is 14.8. The zero-order valence-corrected chi connectivity index (χ0v) is 11.7. The lowest BCUT2D eigenvalue weighted by Crippen LogP contribution is -2.24. The first-order valence-corrected chi connectivity index (χ1v) is 6.90. The molecule has 0 saturated carbocycles. The third-order valence-corrected chi connectivity index (χ3v) is 3.14. The Morgan fingerprint density at radius 2 is 1.71 bits per heavy atom. The number of carboxylic acids is 1. The Hall–Kier alpha value is -2.56. The van der Waals surface area contributed by atoms with Crippen LogP contribution in [-0.4, -0.2) is 28.1 Å². The fourth-order valence-corrected chi connectivity index (χ4v) is 2.00. The minimum atomic E-state index is -0.804. The van der Waals surface area contributed by atoms with Crippen molar-refractivity contribution in [3.63, 3.8) is 0 Å². The van der Waals surface area contributed by atoms with Gasteiger partial charge < -0.3 is 15.0 Å². The second kappa shape index (κ2) is 7.28. The number of hydrogen-bond acceptors (Lipinski definition) is 2. The number of carbonyl (C=O) groups excluding carboxylic acids is 1. The quantitative estimate of drug-likeness (QED) is 0.768. The van der Waals surface area contributed by atoms with Gasteiger partial charge in [0.15, 0.2) is 0 Å². The third kappa shape index (κ3) is 4.49. The Morgan fingerprint density at radius 1 is 1.05 bits per heavy atom. The molecule has 0 radical (unpaired) electrons. The van der Waals surface area contributed by atoms with Gasteiger partial charge in [0.2, 0.25) is 0 Å². The van der Waals surface area contributed by atoms with Crippen molar-refractivity contribution in [2.75, 3.05) is 6.54 Å². The number of carbonyl (C=O) groups is 2. The van der Waals surface area contributed by atoms with E-state index in [1.165, 1.54) is 0 Å². The third-order valence-electron chi connectivity index (χ3n) is 3.14. The van der Waals surface area contributed by atoms with Crippen LogP contribution in [0.25, 0.3) is 5.69 Å². The van der Waals surface area contributed by atoms with Gasteiger partial charge in [-0.1, -0.05) is 0 Å². The molecule has 1 aromatic heterocycles. The summed E-state index contributed by atoms with van der Waals surface area (Å²) in [5.74, 6) is -0.939. The predicted octanol–water partition coefficient (Wildman–Crippen LogP) is 2.46. The zero-order valence-electron chi connectivity index (χ0n) is 11.7. The highest BCUT2D eigenvalue weighted by Gasteiger charge is 2.05. The SMILES string of the molecule is O=C(O)CCCCNC(=O)c1ccc(-n2cccc2)cc1. The smallest absolute Gasteiger partial charge is 0.303 e. The van der Waals surface area contributed by atoms with Crippen LogP contribution in [0.4, 0.5) is 0 Å². The molecule has 1 amide bonds. The van der Waals surface area contributed by atoms with Gasteiger partial charge >= 0.3 is 5.97 Å². The molecule has 0 fully saturated rings. The normalized spacial score (nSPS) is 10.3. The molecule has 5 nitrogen and oxygen atoms in total. The summed E-state index contributed by atoms with van der Waals surface area (Å²) in [5.41, 5.74) is 1.60. The van der Waals surface area contributed by atoms with Gasteiger partial charge in [0, 0.05) is 36.6 Å². The van der Waals surface area contributed by atoms with Crippen LogP contribution in [0.15, 0.2) is 48.8 Å². The molecule has 21 heavy (non-hydrogen) atoms. The number of amides is 1. The van der Waals surface area contributed by atoms with Crippen molar-refractivity contribution < 1.29 is 14.7 Å². The van der Waals surface area contributed by atoms with Crippen LogP contribution in [0.3, 0.4) is 0 Å². The van der Waals surface area contributed by atoms with E-state index in [1.54, 1.807) is 12.1 Å². The Kier molecular flexibility index (Phi) is 5.15. The van der Waals surface area contributed by atoms with Gasteiger partial charge in [0.25, 0.3) is 5.91 Å². The Balaban J connectivity index is 1.81. The summed E-state index contributed by atoms with van der Waals surface area (Å²) in [5, 5.41) is 11.3. The van der Waals surface area contributed by atoms with Crippen molar-refractivity contribution in [3.05, 3.63) is 54.4 Å². The minimum Gasteiger partial charge on any atom is -0.481 e. The number of nitrogens with zero attached hydrogens (tertiary/aromatic N) is 1. The van der Waals surface area contributed by atoms with Crippen LogP contribution in [-0.2, 0) is 4.79 Å². The highest BCUT2D eigenvalue weighted by atomic mass is 16.4. The van der Waals surface area contributed by atoms with Gasteiger partial charge in [0.05, 0.1) is 0 Å². The number of nitrogens with one attached hydrogen (secondary N) is 1. The van der Waals surface area contributed by atoms with Gasteiger partial charge in [-0.3, -0.25) is 9.59 Å². The van der Waals surface area contributed by atoms with Gasteiger partial charge in [-0.25, -0.2) is 0 Å². The van der Waals surface area contributed by atoms with Crippen molar-refractivity contribution in [3.8, 4) is 5.69 Å². The number of rotatable bonds is 7. The molecule has 0 unspecified atom stereocenters. The molecular formula is C16H18N2O3. The van der Waals surface area contributed by atoms with Crippen LogP contribution < -0.4 is 5.32 Å². The number of benzene rings is 1. The van der Waals surface area contributed by atoms with E-state index in [4.69, 9.17) is 5.11 Å². The van der Waals surface area contributed by atoms with Crippen LogP contribution in [0.1, 0.15) is 29.6 Å². The van der Waals surface area contributed by atoms with E-state index in [-0.39, 0.29) is 12.3 Å². The molecule has 1 heterocycles. The van der Waals surface area contributed by atoms with E-state index in [9.17, 15) is 9.59 Å². The van der Waals surface area contributed by atoms with Crippen LogP contribution >= 0.6 is 0 Å². The number of carboxylic acid groups (broad SMARTS) is 1. The molecule has 0 atom stereocenters. The second-order valence-corrected chi connectivity index (χ2v) is 4.74. The Labute approximate surface area is 123 Å². The van der Waals surface area contributed by atoms with E-state index < -0.39 is 5.97 Å². The lowest BCUT2D eigenvalue weighted by molar-refractivity contribution is -0.137. The molecule has 2 rings (SSSR count). The highest BCUT2D eigenvalue weighted by molar-refractivity contribution is 5.94. The highest BCUT2D eigenvalue weighted by Crippen LogP contribution is 2.10. The van der Waals surface area contributed by atoms with Gasteiger partial charge in [-0.2, -0.15) is 0 Å². The van der Waals surface area contributed by atoms with Crippen molar-refractivity contribution in [1.29, 1.82) is 0 Å². The molecule has 0 aliphatic rings. The molecule has 0 aliphatic carbocycles. The molecule has 0 bridgehead atoms. The topological polar surface area (TPSA) is 71.3 Å². The standard InChI is InChI=1S/C16H18N2O3/c19-15(20)5-1-2-10-17-16(21)13-6-8-14(9-7-13)18-11-3-4-12-18/h3-4,6-9,11-12H,1-2,5,10H2,(H,17,21)(H,19,20). The summed E-state index contributed by atoms with van der Waals surface area (Å²) < 4.78 is 1.97. The molecule has 0 saturated heterocycles. The summed E-state index contributed by atoms with van der Waals surface area (Å²) in [6, 6.07) is 11.2. The van der Waals surface area contributed by atoms with Crippen molar-refractivity contribution in [2.24, 2.45) is 0 Å². The van der Waals surface area contributed by atoms with Gasteiger partial charge in [-0.05, 0) is 49.2 Å². The molecule has 2 aromatic rings.